The zero-order valence-electron chi connectivity index (χ0n) is 19.6. The molecular formula is C28H24NO6+. The molecule has 0 spiro atoms. The topological polar surface area (TPSA) is 92.9 Å². The van der Waals surface area contributed by atoms with E-state index in [0.29, 0.717) is 44.4 Å². The van der Waals surface area contributed by atoms with E-state index in [2.05, 4.69) is 18.4 Å². The fourth-order valence-electron chi connectivity index (χ4n) is 4.60. The fraction of sp³-hybridized carbons (Fsp3) is 0.179. The fourth-order valence-corrected chi connectivity index (χ4v) is 4.60. The van der Waals surface area contributed by atoms with Gasteiger partial charge >= 0.3 is 11.6 Å². The van der Waals surface area contributed by atoms with Crippen LogP contribution in [0.15, 0.2) is 74.3 Å². The van der Waals surface area contributed by atoms with Crippen molar-refractivity contribution in [1.29, 1.82) is 0 Å². The van der Waals surface area contributed by atoms with Gasteiger partial charge in [-0.3, -0.25) is 0 Å². The molecule has 0 aliphatic heterocycles. The van der Waals surface area contributed by atoms with Gasteiger partial charge in [0, 0.05) is 23.1 Å². The van der Waals surface area contributed by atoms with Crippen molar-refractivity contribution in [3.05, 3.63) is 82.0 Å². The van der Waals surface area contributed by atoms with Crippen LogP contribution in [0.4, 0.5) is 0 Å². The Balaban J connectivity index is 2.02. The van der Waals surface area contributed by atoms with Gasteiger partial charge in [-0.2, -0.15) is 0 Å². The number of hydrogen-bond donors (Lipinski definition) is 1. The zero-order chi connectivity index (χ0) is 24.7. The summed E-state index contributed by atoms with van der Waals surface area (Å²) < 4.78 is 19.6. The molecule has 0 aliphatic carbocycles. The molecule has 0 aliphatic rings. The van der Waals surface area contributed by atoms with E-state index in [1.807, 2.05) is 18.2 Å². The van der Waals surface area contributed by atoms with Crippen LogP contribution in [0, 0.1) is 0 Å². The largest absolute Gasteiger partial charge is 0.497 e. The third-order valence-corrected chi connectivity index (χ3v) is 6.32. The number of carbonyl (C=O) groups is 1. The lowest BCUT2D eigenvalue weighted by Gasteiger charge is -2.14. The van der Waals surface area contributed by atoms with Crippen LogP contribution < -0.4 is 20.3 Å². The lowest BCUT2D eigenvalue weighted by molar-refractivity contribution is 0.0697. The van der Waals surface area contributed by atoms with Gasteiger partial charge in [-0.25, -0.2) is 14.2 Å². The second kappa shape index (κ2) is 8.76. The first-order chi connectivity index (χ1) is 17.0. The van der Waals surface area contributed by atoms with Crippen LogP contribution in [0.2, 0.25) is 0 Å². The Morgan fingerprint density at radius 3 is 2.37 bits per heavy atom. The lowest BCUT2D eigenvalue weighted by atomic mass is 9.93. The molecule has 0 atom stereocenters. The first kappa shape index (κ1) is 22.4. The number of benzene rings is 3. The Morgan fingerprint density at radius 1 is 0.943 bits per heavy atom. The van der Waals surface area contributed by atoms with Crippen LogP contribution in [0.25, 0.3) is 44.0 Å². The number of methoxy groups -OCH3 is 1. The van der Waals surface area contributed by atoms with Crippen LogP contribution in [-0.2, 0) is 0 Å². The number of hydrogen-bond acceptors (Lipinski definition) is 5. The Labute approximate surface area is 200 Å². The summed E-state index contributed by atoms with van der Waals surface area (Å²) >= 11 is 0. The molecule has 7 nitrogen and oxygen atoms in total. The standard InChI is InChI=1S/C28H23NO6/c1-4-29(5-2)16-10-12-21-22(14-16)35-28(32)25-24(18-8-6-7-9-19(18)27(30)31)20-13-11-17(33-3)15-23(20)34-26(21)25/h6-15H,4-5H2,1-3H3/p+1. The first-order valence-electron chi connectivity index (χ1n) is 11.4. The van der Waals surface area contributed by atoms with Gasteiger partial charge in [-0.1, -0.05) is 18.2 Å². The quantitative estimate of drug-likeness (QED) is 0.170. The molecule has 0 unspecified atom stereocenters. The predicted molar refractivity (Wildman–Crippen MR) is 135 cm³/mol. The van der Waals surface area contributed by atoms with Crippen LogP contribution in [-0.4, -0.2) is 31.3 Å². The van der Waals surface area contributed by atoms with Crippen LogP contribution in [0.3, 0.4) is 0 Å². The SMILES string of the molecule is CC[N+](CC)=c1ccc2c(c1)oc(=O)c1c(-c3ccccc3C(=O)O)c3ccc(OC)cc3oc12. The minimum Gasteiger partial charge on any atom is -0.497 e. The summed E-state index contributed by atoms with van der Waals surface area (Å²) in [6.45, 7) is 5.74. The summed E-state index contributed by atoms with van der Waals surface area (Å²) in [5.41, 5.74) is 1.53. The third kappa shape index (κ3) is 3.65. The molecule has 2 aromatic heterocycles. The summed E-state index contributed by atoms with van der Waals surface area (Å²) in [6, 6.07) is 17.5. The average Bonchev–Trinajstić information content (AvgIpc) is 2.87. The Bertz CT molecular complexity index is 1750. The maximum absolute atomic E-state index is 13.4. The molecule has 0 saturated heterocycles. The van der Waals surface area contributed by atoms with E-state index in [9.17, 15) is 14.7 Å². The normalized spacial score (nSPS) is 11.3. The summed E-state index contributed by atoms with van der Waals surface area (Å²) in [7, 11) is 1.56. The maximum atomic E-state index is 13.4. The van der Waals surface area contributed by atoms with E-state index in [1.165, 1.54) is 6.07 Å². The number of carboxylic acid groups (broad SMARTS) is 1. The van der Waals surface area contributed by atoms with E-state index >= 15 is 0 Å². The highest BCUT2D eigenvalue weighted by atomic mass is 16.5. The van der Waals surface area contributed by atoms with Crippen molar-refractivity contribution in [1.82, 2.24) is 4.58 Å². The molecule has 35 heavy (non-hydrogen) atoms. The zero-order valence-corrected chi connectivity index (χ0v) is 19.6. The van der Waals surface area contributed by atoms with E-state index in [-0.39, 0.29) is 10.9 Å². The second-order valence-corrected chi connectivity index (χ2v) is 8.14. The van der Waals surface area contributed by atoms with Gasteiger partial charge in [-0.05, 0) is 43.7 Å². The van der Waals surface area contributed by atoms with Gasteiger partial charge in [0.25, 0.3) is 0 Å². The molecule has 0 saturated carbocycles. The molecule has 2 heterocycles. The highest BCUT2D eigenvalue weighted by Gasteiger charge is 2.23. The molecule has 0 radical (unpaired) electrons. The molecule has 5 rings (SSSR count). The van der Waals surface area contributed by atoms with Crippen molar-refractivity contribution in [3.8, 4) is 16.9 Å². The number of nitrogens with zero attached hydrogens (tertiary/aromatic N) is 1. The van der Waals surface area contributed by atoms with Crippen molar-refractivity contribution in [2.75, 3.05) is 20.2 Å². The summed E-state index contributed by atoms with van der Waals surface area (Å²) in [4.78, 5) is 25.5. The Hall–Kier alpha value is -4.39. The van der Waals surface area contributed by atoms with Crippen LogP contribution in [0.5, 0.6) is 5.75 Å². The number of rotatable bonds is 5. The van der Waals surface area contributed by atoms with E-state index in [0.717, 1.165) is 18.4 Å². The first-order valence-corrected chi connectivity index (χ1v) is 11.4. The molecule has 176 valence electrons. The molecule has 3 aromatic carbocycles. The molecule has 0 amide bonds. The van der Waals surface area contributed by atoms with Crippen molar-refractivity contribution >= 4 is 38.9 Å². The minimum absolute atomic E-state index is 0.0773. The molecule has 0 fully saturated rings. The summed E-state index contributed by atoms with van der Waals surface area (Å²) in [6.07, 6.45) is 0. The van der Waals surface area contributed by atoms with Crippen molar-refractivity contribution < 1.29 is 23.5 Å². The van der Waals surface area contributed by atoms with Gasteiger partial charge in [0.1, 0.15) is 35.4 Å². The van der Waals surface area contributed by atoms with Gasteiger partial charge in [0.15, 0.2) is 5.58 Å². The maximum Gasteiger partial charge on any atom is 0.348 e. The number of fused-ring (bicyclic) bond motifs is 4. The Kier molecular flexibility index (Phi) is 5.61. The third-order valence-electron chi connectivity index (χ3n) is 6.32. The number of ether oxygens (including phenoxy) is 1. The second-order valence-electron chi connectivity index (χ2n) is 8.14. The average molecular weight is 471 g/mol. The highest BCUT2D eigenvalue weighted by Crippen LogP contribution is 2.39. The van der Waals surface area contributed by atoms with E-state index < -0.39 is 11.6 Å². The molecule has 1 N–H and O–H groups in total. The minimum atomic E-state index is -1.09. The molecule has 7 heteroatoms. The summed E-state index contributed by atoms with van der Waals surface area (Å²) in [5.74, 6) is -0.514. The predicted octanol–water partition coefficient (Wildman–Crippen LogP) is 4.88. The van der Waals surface area contributed by atoms with Gasteiger partial charge < -0.3 is 18.7 Å². The van der Waals surface area contributed by atoms with Gasteiger partial charge in [0.2, 0.25) is 5.36 Å². The van der Waals surface area contributed by atoms with Crippen molar-refractivity contribution in [3.63, 3.8) is 0 Å². The molecular weight excluding hydrogens is 446 g/mol. The Morgan fingerprint density at radius 2 is 1.66 bits per heavy atom. The van der Waals surface area contributed by atoms with Crippen LogP contribution >= 0.6 is 0 Å². The van der Waals surface area contributed by atoms with E-state index in [4.69, 9.17) is 13.6 Å². The van der Waals surface area contributed by atoms with Gasteiger partial charge in [0.05, 0.1) is 24.1 Å². The van der Waals surface area contributed by atoms with Crippen molar-refractivity contribution in [2.45, 2.75) is 13.8 Å². The van der Waals surface area contributed by atoms with Gasteiger partial charge in [-0.15, -0.1) is 0 Å². The van der Waals surface area contributed by atoms with Crippen LogP contribution in [0.1, 0.15) is 24.2 Å². The highest BCUT2D eigenvalue weighted by molar-refractivity contribution is 6.15. The summed E-state index contributed by atoms with van der Waals surface area (Å²) in [5, 5.41) is 12.2. The lowest BCUT2D eigenvalue weighted by Crippen LogP contribution is -2.29. The monoisotopic (exact) mass is 470 g/mol. The molecule has 0 bridgehead atoms. The van der Waals surface area contributed by atoms with E-state index in [1.54, 1.807) is 43.5 Å². The van der Waals surface area contributed by atoms with Crippen molar-refractivity contribution in [2.24, 2.45) is 0 Å². The smallest absolute Gasteiger partial charge is 0.348 e. The molecule has 5 aromatic rings. The number of carboxylic acids is 1. The number of aromatic carboxylic acids is 1.